The maximum absolute atomic E-state index is 10.5. The van der Waals surface area contributed by atoms with Crippen molar-refractivity contribution in [1.29, 1.82) is 0 Å². The Morgan fingerprint density at radius 1 is 1.07 bits per heavy atom. The second kappa shape index (κ2) is 3.50. The molecule has 0 aromatic heterocycles. The van der Waals surface area contributed by atoms with Crippen molar-refractivity contribution in [3.63, 3.8) is 0 Å². The quantitative estimate of drug-likeness (QED) is 0.695. The molecule has 2 rings (SSSR count). The lowest BCUT2D eigenvalue weighted by Gasteiger charge is -2.07. The molecular formula is C12H9O2-. The molecular weight excluding hydrogens is 176 g/mol. The van der Waals surface area contributed by atoms with Gasteiger partial charge in [0.1, 0.15) is 0 Å². The van der Waals surface area contributed by atoms with Crippen LogP contribution in [0.15, 0.2) is 48.6 Å². The largest absolute Gasteiger partial charge is 0.545 e. The van der Waals surface area contributed by atoms with Crippen LogP contribution in [-0.4, -0.2) is 5.97 Å². The number of aromatic carboxylic acids is 1. The summed E-state index contributed by atoms with van der Waals surface area (Å²) >= 11 is 0. The van der Waals surface area contributed by atoms with Crippen molar-refractivity contribution in [2.75, 3.05) is 0 Å². The van der Waals surface area contributed by atoms with Gasteiger partial charge in [0, 0.05) is 5.92 Å². The molecule has 0 atom stereocenters. The van der Waals surface area contributed by atoms with Crippen molar-refractivity contribution in [1.82, 2.24) is 0 Å². The lowest BCUT2D eigenvalue weighted by Crippen LogP contribution is -2.22. The summed E-state index contributed by atoms with van der Waals surface area (Å²) in [7, 11) is 0. The average Bonchev–Trinajstić information content (AvgIpc) is 2.71. The Balaban J connectivity index is 2.25. The number of rotatable bonds is 2. The SMILES string of the molecule is O=C([O-])c1ccc(C2C=CC=C2)cc1. The molecule has 2 heteroatoms. The van der Waals surface area contributed by atoms with Crippen LogP contribution in [0.25, 0.3) is 0 Å². The van der Waals surface area contributed by atoms with Gasteiger partial charge < -0.3 is 9.90 Å². The molecule has 0 amide bonds. The summed E-state index contributed by atoms with van der Waals surface area (Å²) < 4.78 is 0. The van der Waals surface area contributed by atoms with E-state index in [0.717, 1.165) is 5.56 Å². The summed E-state index contributed by atoms with van der Waals surface area (Å²) in [5, 5.41) is 10.5. The minimum absolute atomic E-state index is 0.222. The Morgan fingerprint density at radius 2 is 1.64 bits per heavy atom. The standard InChI is InChI=1S/C12H10O2/c13-12(14)11-7-5-10(6-8-11)9-3-1-2-4-9/h1-9H,(H,13,14)/p-1. The summed E-state index contributed by atoms with van der Waals surface area (Å²) in [4.78, 5) is 10.5. The number of carboxylic acid groups (broad SMARTS) is 1. The number of hydrogen-bond acceptors (Lipinski definition) is 2. The zero-order valence-electron chi connectivity index (χ0n) is 7.51. The molecule has 0 bridgehead atoms. The highest BCUT2D eigenvalue weighted by atomic mass is 16.4. The summed E-state index contributed by atoms with van der Waals surface area (Å²) in [6.07, 6.45) is 8.09. The molecule has 0 radical (unpaired) electrons. The van der Waals surface area contributed by atoms with Crippen LogP contribution in [0.3, 0.4) is 0 Å². The van der Waals surface area contributed by atoms with E-state index in [1.807, 2.05) is 24.3 Å². The van der Waals surface area contributed by atoms with Gasteiger partial charge in [-0.15, -0.1) is 0 Å². The van der Waals surface area contributed by atoms with Crippen LogP contribution in [0.1, 0.15) is 21.8 Å². The van der Waals surface area contributed by atoms with Gasteiger partial charge >= 0.3 is 0 Å². The molecule has 0 N–H and O–H groups in total. The molecule has 1 aliphatic rings. The highest BCUT2D eigenvalue weighted by Gasteiger charge is 2.06. The summed E-state index contributed by atoms with van der Waals surface area (Å²) in [5.74, 6) is -0.847. The minimum Gasteiger partial charge on any atom is -0.545 e. The molecule has 2 nitrogen and oxygen atoms in total. The average molecular weight is 185 g/mol. The fourth-order valence-electron chi connectivity index (χ4n) is 1.50. The van der Waals surface area contributed by atoms with E-state index in [1.54, 1.807) is 12.1 Å². The third kappa shape index (κ3) is 1.59. The summed E-state index contributed by atoms with van der Waals surface area (Å²) in [5.41, 5.74) is 1.32. The topological polar surface area (TPSA) is 40.1 Å². The molecule has 0 heterocycles. The van der Waals surface area contributed by atoms with Crippen molar-refractivity contribution in [3.8, 4) is 0 Å². The zero-order valence-corrected chi connectivity index (χ0v) is 7.51. The molecule has 0 unspecified atom stereocenters. The van der Waals surface area contributed by atoms with Crippen LogP contribution >= 0.6 is 0 Å². The van der Waals surface area contributed by atoms with Crippen LogP contribution in [-0.2, 0) is 0 Å². The predicted molar refractivity (Wildman–Crippen MR) is 51.8 cm³/mol. The molecule has 70 valence electrons. The number of benzene rings is 1. The van der Waals surface area contributed by atoms with Gasteiger partial charge in [-0.25, -0.2) is 0 Å². The first kappa shape index (κ1) is 8.75. The van der Waals surface area contributed by atoms with E-state index in [9.17, 15) is 9.90 Å². The van der Waals surface area contributed by atoms with Crippen molar-refractivity contribution >= 4 is 5.97 Å². The van der Waals surface area contributed by atoms with Gasteiger partial charge in [-0.05, 0) is 11.1 Å². The number of allylic oxidation sites excluding steroid dienone is 4. The minimum atomic E-state index is -1.13. The Bertz CT molecular complexity index is 387. The van der Waals surface area contributed by atoms with Crippen LogP contribution in [0.4, 0.5) is 0 Å². The first-order chi connectivity index (χ1) is 6.77. The normalized spacial score (nSPS) is 14.9. The fraction of sp³-hybridized carbons (Fsp3) is 0.0833. The van der Waals surface area contributed by atoms with Crippen molar-refractivity contribution in [2.24, 2.45) is 0 Å². The van der Waals surface area contributed by atoms with Crippen molar-refractivity contribution < 1.29 is 9.90 Å². The van der Waals surface area contributed by atoms with Crippen LogP contribution < -0.4 is 5.11 Å². The molecule has 0 spiro atoms. The van der Waals surface area contributed by atoms with Crippen LogP contribution in [0.2, 0.25) is 0 Å². The molecule has 0 aliphatic heterocycles. The van der Waals surface area contributed by atoms with Gasteiger partial charge in [0.25, 0.3) is 0 Å². The van der Waals surface area contributed by atoms with E-state index in [2.05, 4.69) is 12.2 Å². The molecule has 14 heavy (non-hydrogen) atoms. The molecule has 1 aromatic carbocycles. The molecule has 0 saturated heterocycles. The smallest absolute Gasteiger partial charge is 0.0715 e. The number of carboxylic acids is 1. The van der Waals surface area contributed by atoms with E-state index in [1.165, 1.54) is 0 Å². The third-order valence-electron chi connectivity index (χ3n) is 2.28. The first-order valence-corrected chi connectivity index (χ1v) is 4.43. The van der Waals surface area contributed by atoms with Gasteiger partial charge in [-0.1, -0.05) is 48.6 Å². The Kier molecular flexibility index (Phi) is 2.19. The zero-order chi connectivity index (χ0) is 9.97. The Labute approximate surface area is 82.2 Å². The van der Waals surface area contributed by atoms with Gasteiger partial charge in [0.05, 0.1) is 5.97 Å². The number of carbonyl (C=O) groups is 1. The van der Waals surface area contributed by atoms with Gasteiger partial charge in [0.2, 0.25) is 0 Å². The first-order valence-electron chi connectivity index (χ1n) is 4.43. The van der Waals surface area contributed by atoms with E-state index < -0.39 is 5.97 Å². The van der Waals surface area contributed by atoms with E-state index in [0.29, 0.717) is 0 Å². The Morgan fingerprint density at radius 3 is 2.14 bits per heavy atom. The Hall–Kier alpha value is -1.83. The monoisotopic (exact) mass is 185 g/mol. The van der Waals surface area contributed by atoms with Gasteiger partial charge in [-0.3, -0.25) is 0 Å². The number of carbonyl (C=O) groups excluding carboxylic acids is 1. The second-order valence-corrected chi connectivity index (χ2v) is 3.21. The van der Waals surface area contributed by atoms with E-state index in [-0.39, 0.29) is 11.5 Å². The van der Waals surface area contributed by atoms with Crippen molar-refractivity contribution in [3.05, 3.63) is 59.7 Å². The maximum Gasteiger partial charge on any atom is 0.0715 e. The molecule has 1 aromatic rings. The maximum atomic E-state index is 10.5. The predicted octanol–water partition coefficient (Wildman–Crippen LogP) is 1.26. The van der Waals surface area contributed by atoms with Gasteiger partial charge in [-0.2, -0.15) is 0 Å². The molecule has 0 saturated carbocycles. The van der Waals surface area contributed by atoms with E-state index in [4.69, 9.17) is 0 Å². The summed E-state index contributed by atoms with van der Waals surface area (Å²) in [6.45, 7) is 0. The molecule has 0 fully saturated rings. The lowest BCUT2D eigenvalue weighted by atomic mass is 10.00. The van der Waals surface area contributed by atoms with Gasteiger partial charge in [0.15, 0.2) is 0 Å². The summed E-state index contributed by atoms with van der Waals surface area (Å²) in [6, 6.07) is 6.78. The van der Waals surface area contributed by atoms with Crippen LogP contribution in [0.5, 0.6) is 0 Å². The molecule has 1 aliphatic carbocycles. The highest BCUT2D eigenvalue weighted by molar-refractivity contribution is 5.85. The van der Waals surface area contributed by atoms with Crippen molar-refractivity contribution in [2.45, 2.75) is 5.92 Å². The van der Waals surface area contributed by atoms with E-state index >= 15 is 0 Å². The second-order valence-electron chi connectivity index (χ2n) is 3.21. The third-order valence-corrected chi connectivity index (χ3v) is 2.28. The lowest BCUT2D eigenvalue weighted by molar-refractivity contribution is -0.255. The number of hydrogen-bond donors (Lipinski definition) is 0. The van der Waals surface area contributed by atoms with Crippen LogP contribution in [0, 0.1) is 0 Å². The fourth-order valence-corrected chi connectivity index (χ4v) is 1.50. The highest BCUT2D eigenvalue weighted by Crippen LogP contribution is 2.22.